The highest BCUT2D eigenvalue weighted by molar-refractivity contribution is 5.62. The molecule has 0 aromatic rings. The van der Waals surface area contributed by atoms with Crippen LogP contribution in [0.1, 0.15) is 106 Å². The summed E-state index contributed by atoms with van der Waals surface area (Å²) in [5.74, 6) is 3.27. The van der Waals surface area contributed by atoms with Crippen LogP contribution in [0.4, 0.5) is 0 Å². The Hall–Kier alpha value is -0.630. The van der Waals surface area contributed by atoms with Gasteiger partial charge in [0.15, 0.2) is 0 Å². The Morgan fingerprint density at radius 2 is 1.58 bits per heavy atom. The van der Waals surface area contributed by atoms with E-state index in [1.165, 1.54) is 63.2 Å². The quantitative estimate of drug-likeness (QED) is 0.320. The maximum atomic E-state index is 12.6. The van der Waals surface area contributed by atoms with E-state index in [4.69, 9.17) is 4.74 Å². The van der Waals surface area contributed by atoms with Crippen molar-refractivity contribution in [3.8, 4) is 0 Å². The highest BCUT2D eigenvalue weighted by atomic mass is 16.5. The van der Waals surface area contributed by atoms with Gasteiger partial charge in [0.1, 0.15) is 6.29 Å². The zero-order valence-corrected chi connectivity index (χ0v) is 22.6. The Bertz CT molecular complexity index is 829. The second-order valence-corrected chi connectivity index (χ2v) is 14.6. The molecule has 5 aliphatic rings. The van der Waals surface area contributed by atoms with Gasteiger partial charge < -0.3 is 9.53 Å². The lowest BCUT2D eigenvalue weighted by atomic mass is 9.32. The van der Waals surface area contributed by atoms with Gasteiger partial charge in [0.25, 0.3) is 0 Å². The average molecular weight is 455 g/mol. The maximum absolute atomic E-state index is 12.6. The lowest BCUT2D eigenvalue weighted by Crippen LogP contribution is -2.66. The monoisotopic (exact) mass is 454 g/mol. The maximum Gasteiger partial charge on any atom is 0.126 e. The van der Waals surface area contributed by atoms with Crippen molar-refractivity contribution in [1.29, 1.82) is 0 Å². The van der Waals surface area contributed by atoms with Gasteiger partial charge in [0.2, 0.25) is 0 Å². The van der Waals surface area contributed by atoms with Crippen LogP contribution in [-0.4, -0.2) is 19.5 Å². The van der Waals surface area contributed by atoms with Gasteiger partial charge >= 0.3 is 0 Å². The summed E-state index contributed by atoms with van der Waals surface area (Å²) in [6, 6.07) is 0. The van der Waals surface area contributed by atoms with E-state index < -0.39 is 0 Å². The fourth-order valence-corrected chi connectivity index (χ4v) is 11.8. The fourth-order valence-electron chi connectivity index (χ4n) is 11.8. The van der Waals surface area contributed by atoms with Crippen molar-refractivity contribution in [3.05, 3.63) is 12.2 Å². The molecule has 0 N–H and O–H groups in total. The van der Waals surface area contributed by atoms with E-state index in [1.54, 1.807) is 0 Å². The van der Waals surface area contributed by atoms with E-state index >= 15 is 0 Å². The molecule has 2 nitrogen and oxygen atoms in total. The molecule has 0 amide bonds. The lowest BCUT2D eigenvalue weighted by Gasteiger charge is -2.72. The lowest BCUT2D eigenvalue weighted by molar-refractivity contribution is -0.247. The van der Waals surface area contributed by atoms with Crippen molar-refractivity contribution in [2.24, 2.45) is 56.7 Å². The molecule has 5 aliphatic carbocycles. The Kier molecular flexibility index (Phi) is 5.43. The van der Waals surface area contributed by atoms with E-state index in [2.05, 4.69) is 48.1 Å². The molecule has 10 atom stereocenters. The molecule has 186 valence electrons. The molecule has 2 heteroatoms. The molecule has 5 saturated carbocycles. The van der Waals surface area contributed by atoms with Gasteiger partial charge in [-0.1, -0.05) is 46.8 Å². The molecule has 0 spiro atoms. The van der Waals surface area contributed by atoms with Gasteiger partial charge in [-0.25, -0.2) is 0 Å². The number of carbonyl (C=O) groups is 1. The second-order valence-electron chi connectivity index (χ2n) is 14.6. The average Bonchev–Trinajstić information content (AvgIpc) is 3.14. The predicted molar refractivity (Wildman–Crippen MR) is 136 cm³/mol. The molecular weight excluding hydrogens is 404 g/mol. The smallest absolute Gasteiger partial charge is 0.126 e. The standard InChI is InChI=1S/C31H50O2/c1-20(2)21-11-16-31(19-32)18-17-29(6)22(26(21)31)9-10-24-28(5)14-13-25(33-8)27(3,4)23(28)12-15-30(24,29)7/h19,21-26H,1,9-18H2,2-8H3/t21?,22?,23?,24?,25-,26?,28-,29+,30+,31+/m0/s1. The molecule has 5 fully saturated rings. The molecule has 0 aromatic carbocycles. The third-order valence-electron chi connectivity index (χ3n) is 13.6. The van der Waals surface area contributed by atoms with Crippen LogP contribution in [0.15, 0.2) is 12.2 Å². The first-order chi connectivity index (χ1) is 15.4. The fraction of sp³-hybridized carbons (Fsp3) is 0.903. The molecule has 5 rings (SSSR count). The van der Waals surface area contributed by atoms with Gasteiger partial charge in [0.05, 0.1) is 6.10 Å². The summed E-state index contributed by atoms with van der Waals surface area (Å²) in [4.78, 5) is 12.6. The van der Waals surface area contributed by atoms with Crippen LogP contribution < -0.4 is 0 Å². The van der Waals surface area contributed by atoms with Crippen molar-refractivity contribution >= 4 is 6.29 Å². The predicted octanol–water partition coefficient (Wildman–Crippen LogP) is 7.86. The minimum absolute atomic E-state index is 0.0728. The number of rotatable bonds is 3. The molecule has 33 heavy (non-hydrogen) atoms. The van der Waals surface area contributed by atoms with E-state index in [0.717, 1.165) is 24.7 Å². The minimum Gasteiger partial charge on any atom is -0.381 e. The minimum atomic E-state index is -0.0728. The molecule has 0 bridgehead atoms. The van der Waals surface area contributed by atoms with Crippen LogP contribution in [-0.2, 0) is 9.53 Å². The summed E-state index contributed by atoms with van der Waals surface area (Å²) in [6.07, 6.45) is 14.3. The summed E-state index contributed by atoms with van der Waals surface area (Å²) < 4.78 is 6.03. The zero-order valence-electron chi connectivity index (χ0n) is 22.6. The van der Waals surface area contributed by atoms with Crippen LogP contribution in [0.5, 0.6) is 0 Å². The van der Waals surface area contributed by atoms with Crippen LogP contribution in [0, 0.1) is 56.7 Å². The van der Waals surface area contributed by atoms with Gasteiger partial charge in [-0.15, -0.1) is 0 Å². The number of aldehydes is 1. The Morgan fingerprint density at radius 3 is 2.21 bits per heavy atom. The van der Waals surface area contributed by atoms with E-state index in [9.17, 15) is 4.79 Å². The van der Waals surface area contributed by atoms with Gasteiger partial charge in [-0.05, 0) is 122 Å². The second kappa shape index (κ2) is 7.44. The Morgan fingerprint density at radius 1 is 0.848 bits per heavy atom. The van der Waals surface area contributed by atoms with Gasteiger partial charge in [-0.2, -0.15) is 0 Å². The molecule has 5 unspecified atom stereocenters. The number of hydrogen-bond acceptors (Lipinski definition) is 2. The molecule has 0 heterocycles. The highest BCUT2D eigenvalue weighted by Crippen LogP contribution is 2.77. The number of carbonyl (C=O) groups excluding carboxylic acids is 1. The summed E-state index contributed by atoms with van der Waals surface area (Å²) in [7, 11) is 1.93. The topological polar surface area (TPSA) is 26.3 Å². The number of allylic oxidation sites excluding steroid dienone is 1. The van der Waals surface area contributed by atoms with Gasteiger partial charge in [0, 0.05) is 12.5 Å². The summed E-state index contributed by atoms with van der Waals surface area (Å²) >= 11 is 0. The third kappa shape index (κ3) is 2.85. The molecule has 0 saturated heterocycles. The van der Waals surface area contributed by atoms with Crippen LogP contribution in [0.25, 0.3) is 0 Å². The Balaban J connectivity index is 1.54. The summed E-state index contributed by atoms with van der Waals surface area (Å²) in [5, 5.41) is 0. The van der Waals surface area contributed by atoms with E-state index in [-0.39, 0.29) is 10.8 Å². The van der Waals surface area contributed by atoms with E-state index in [0.29, 0.717) is 40.1 Å². The molecule has 0 aromatic heterocycles. The van der Waals surface area contributed by atoms with E-state index in [1.807, 2.05) is 7.11 Å². The van der Waals surface area contributed by atoms with Gasteiger partial charge in [-0.3, -0.25) is 0 Å². The number of methoxy groups -OCH3 is 1. The van der Waals surface area contributed by atoms with Crippen LogP contribution in [0.2, 0.25) is 0 Å². The van der Waals surface area contributed by atoms with Crippen LogP contribution >= 0.6 is 0 Å². The first-order valence-corrected chi connectivity index (χ1v) is 14.1. The zero-order chi connectivity index (χ0) is 24.0. The molecule has 0 aliphatic heterocycles. The first kappa shape index (κ1) is 24.1. The van der Waals surface area contributed by atoms with Crippen molar-refractivity contribution in [1.82, 2.24) is 0 Å². The SMILES string of the molecule is C=C(C)C1CC[C@]2(C=O)CC[C@]3(C)C(CCC4[C@@]5(C)CC[C@H](OC)C(C)(C)C5CC[C@]43C)C12. The molecule has 0 radical (unpaired) electrons. The highest BCUT2D eigenvalue weighted by Gasteiger charge is 2.70. The largest absolute Gasteiger partial charge is 0.381 e. The third-order valence-corrected chi connectivity index (χ3v) is 13.6. The normalized spacial score (nSPS) is 55.0. The van der Waals surface area contributed by atoms with Crippen molar-refractivity contribution in [2.75, 3.05) is 7.11 Å². The van der Waals surface area contributed by atoms with Crippen molar-refractivity contribution < 1.29 is 9.53 Å². The summed E-state index contributed by atoms with van der Waals surface area (Å²) in [5.41, 5.74) is 2.61. The number of fused-ring (bicyclic) bond motifs is 7. The van der Waals surface area contributed by atoms with Crippen molar-refractivity contribution in [3.63, 3.8) is 0 Å². The number of ether oxygens (including phenoxy) is 1. The first-order valence-electron chi connectivity index (χ1n) is 14.1. The molecular formula is C31H50O2. The number of hydrogen-bond donors (Lipinski definition) is 0. The Labute approximate surface area is 203 Å². The van der Waals surface area contributed by atoms with Crippen molar-refractivity contribution in [2.45, 2.75) is 112 Å². The summed E-state index contributed by atoms with van der Waals surface area (Å²) in [6.45, 7) is 19.7. The van der Waals surface area contributed by atoms with Crippen LogP contribution in [0.3, 0.4) is 0 Å².